The van der Waals surface area contributed by atoms with Gasteiger partial charge in [-0.05, 0) is 0 Å². The molecule has 0 saturated heterocycles. The molecule has 0 aromatic rings. The lowest BCUT2D eigenvalue weighted by atomic mass is 10.3. The van der Waals surface area contributed by atoms with Gasteiger partial charge in [-0.15, -0.1) is 6.42 Å². The van der Waals surface area contributed by atoms with E-state index in [9.17, 15) is 4.79 Å². The summed E-state index contributed by atoms with van der Waals surface area (Å²) in [6.07, 6.45) is 5.05. The molecule has 0 amide bonds. The molecule has 0 aliphatic rings. The Bertz CT molecular complexity index is 146. The van der Waals surface area contributed by atoms with Gasteiger partial charge in [0.1, 0.15) is 6.61 Å². The van der Waals surface area contributed by atoms with Gasteiger partial charge >= 0.3 is 0 Å². The average Bonchev–Trinajstić information content (AvgIpc) is 1.99. The molecule has 0 N–H and O–H groups in total. The van der Waals surface area contributed by atoms with Gasteiger partial charge in [-0.1, -0.05) is 5.92 Å². The van der Waals surface area contributed by atoms with Crippen LogP contribution < -0.4 is 0 Å². The molecule has 0 fully saturated rings. The minimum Gasteiger partial charge on any atom is -0.382 e. The van der Waals surface area contributed by atoms with E-state index in [2.05, 4.69) is 5.92 Å². The molecule has 0 atom stereocenters. The van der Waals surface area contributed by atoms with Crippen LogP contribution in [0.5, 0.6) is 0 Å². The van der Waals surface area contributed by atoms with E-state index in [-0.39, 0.29) is 18.8 Å². The summed E-state index contributed by atoms with van der Waals surface area (Å²) in [6, 6.07) is 0. The fourth-order valence-corrected chi connectivity index (χ4v) is 0.493. The number of terminal acetylenes is 1. The number of ether oxygens (including phenoxy) is 2. The largest absolute Gasteiger partial charge is 0.382 e. The normalized spacial score (nSPS) is 9.09. The molecule has 0 aliphatic carbocycles. The highest BCUT2D eigenvalue weighted by Crippen LogP contribution is 1.83. The van der Waals surface area contributed by atoms with Gasteiger partial charge in [0.05, 0.1) is 19.6 Å². The van der Waals surface area contributed by atoms with Crippen LogP contribution in [0.25, 0.3) is 0 Å². The minimum absolute atomic E-state index is 0.0661. The zero-order valence-electron chi connectivity index (χ0n) is 6.63. The average molecular weight is 156 g/mol. The van der Waals surface area contributed by atoms with Crippen molar-refractivity contribution in [2.75, 3.05) is 26.9 Å². The summed E-state index contributed by atoms with van der Waals surface area (Å²) in [5.74, 6) is 2.18. The van der Waals surface area contributed by atoms with Crippen LogP contribution >= 0.6 is 0 Å². The van der Waals surface area contributed by atoms with Crippen LogP contribution in [0.1, 0.15) is 6.42 Å². The van der Waals surface area contributed by atoms with Crippen molar-refractivity contribution in [3.05, 3.63) is 0 Å². The zero-order valence-corrected chi connectivity index (χ0v) is 6.63. The molecule has 3 heteroatoms. The molecule has 0 rings (SSSR count). The Morgan fingerprint density at radius 2 is 2.27 bits per heavy atom. The van der Waals surface area contributed by atoms with Crippen molar-refractivity contribution in [2.24, 2.45) is 0 Å². The molecular weight excluding hydrogens is 144 g/mol. The number of hydrogen-bond acceptors (Lipinski definition) is 3. The lowest BCUT2D eigenvalue weighted by Crippen LogP contribution is -2.10. The van der Waals surface area contributed by atoms with Gasteiger partial charge < -0.3 is 9.47 Å². The maximum atomic E-state index is 10.7. The van der Waals surface area contributed by atoms with Crippen LogP contribution in [0.4, 0.5) is 0 Å². The third-order valence-corrected chi connectivity index (χ3v) is 0.994. The van der Waals surface area contributed by atoms with E-state index in [1.165, 1.54) is 0 Å². The standard InChI is InChI=1S/C8H12O3/c1-3-4-8(9)7-11-6-5-10-2/h1H,4-7H2,2H3. The summed E-state index contributed by atoms with van der Waals surface area (Å²) in [7, 11) is 1.58. The molecule has 3 nitrogen and oxygen atoms in total. The van der Waals surface area contributed by atoms with Crippen molar-refractivity contribution >= 4 is 5.78 Å². The molecule has 0 spiro atoms. The maximum absolute atomic E-state index is 10.7. The van der Waals surface area contributed by atoms with Crippen LogP contribution in [0, 0.1) is 12.3 Å². The van der Waals surface area contributed by atoms with Crippen molar-refractivity contribution < 1.29 is 14.3 Å². The van der Waals surface area contributed by atoms with Crippen LogP contribution in [-0.2, 0) is 14.3 Å². The minimum atomic E-state index is -0.0661. The Balaban J connectivity index is 3.12. The van der Waals surface area contributed by atoms with Gasteiger partial charge in [-0.2, -0.15) is 0 Å². The second-order valence-electron chi connectivity index (χ2n) is 1.96. The number of Topliss-reactive ketones (excluding diaryl/α,β-unsaturated/α-hetero) is 1. The smallest absolute Gasteiger partial charge is 0.170 e. The van der Waals surface area contributed by atoms with E-state index in [0.29, 0.717) is 13.2 Å². The second-order valence-corrected chi connectivity index (χ2v) is 1.96. The molecule has 0 radical (unpaired) electrons. The highest BCUT2D eigenvalue weighted by Gasteiger charge is 1.97. The highest BCUT2D eigenvalue weighted by atomic mass is 16.5. The molecule has 0 aromatic heterocycles. The Morgan fingerprint density at radius 1 is 1.55 bits per heavy atom. The summed E-state index contributed by atoms with van der Waals surface area (Å²) in [5, 5.41) is 0. The first-order valence-electron chi connectivity index (χ1n) is 3.33. The van der Waals surface area contributed by atoms with Gasteiger partial charge in [0, 0.05) is 7.11 Å². The Hall–Kier alpha value is -0.850. The Morgan fingerprint density at radius 3 is 2.82 bits per heavy atom. The zero-order chi connectivity index (χ0) is 8.53. The topological polar surface area (TPSA) is 35.5 Å². The quantitative estimate of drug-likeness (QED) is 0.408. The van der Waals surface area contributed by atoms with Gasteiger partial charge in [-0.3, -0.25) is 4.79 Å². The first kappa shape index (κ1) is 10.2. The number of ketones is 1. The first-order chi connectivity index (χ1) is 5.31. The third kappa shape index (κ3) is 7.04. The predicted octanol–water partition coefficient (Wildman–Crippen LogP) is 0.242. The molecular formula is C8H12O3. The first-order valence-corrected chi connectivity index (χ1v) is 3.33. The molecule has 0 aliphatic heterocycles. The number of hydrogen-bond donors (Lipinski definition) is 0. The van der Waals surface area contributed by atoms with Crippen molar-refractivity contribution in [3.8, 4) is 12.3 Å². The summed E-state index contributed by atoms with van der Waals surface area (Å²) in [4.78, 5) is 10.7. The molecule has 62 valence electrons. The summed E-state index contributed by atoms with van der Waals surface area (Å²) in [6.45, 7) is 1.03. The van der Waals surface area contributed by atoms with Gasteiger partial charge in [0.2, 0.25) is 0 Å². The SMILES string of the molecule is C#CCC(=O)COCCOC. The van der Waals surface area contributed by atoms with Crippen LogP contribution in [0.3, 0.4) is 0 Å². The van der Waals surface area contributed by atoms with E-state index in [1.807, 2.05) is 0 Å². The molecule has 0 bridgehead atoms. The fraction of sp³-hybridized carbons (Fsp3) is 0.625. The van der Waals surface area contributed by atoms with E-state index in [0.717, 1.165) is 0 Å². The van der Waals surface area contributed by atoms with Gasteiger partial charge in [0.15, 0.2) is 5.78 Å². The van der Waals surface area contributed by atoms with Crippen molar-refractivity contribution in [1.82, 2.24) is 0 Å². The highest BCUT2D eigenvalue weighted by molar-refractivity contribution is 5.81. The van der Waals surface area contributed by atoms with E-state index < -0.39 is 0 Å². The Kier molecular flexibility index (Phi) is 6.70. The number of methoxy groups -OCH3 is 1. The number of carbonyl (C=O) groups is 1. The van der Waals surface area contributed by atoms with Crippen molar-refractivity contribution in [2.45, 2.75) is 6.42 Å². The summed E-state index contributed by atoms with van der Waals surface area (Å²) in [5.41, 5.74) is 0. The fourth-order valence-electron chi connectivity index (χ4n) is 0.493. The van der Waals surface area contributed by atoms with E-state index in [1.54, 1.807) is 7.11 Å². The summed E-state index contributed by atoms with van der Waals surface area (Å²) < 4.78 is 9.63. The molecule has 11 heavy (non-hydrogen) atoms. The summed E-state index contributed by atoms with van der Waals surface area (Å²) >= 11 is 0. The van der Waals surface area contributed by atoms with Crippen molar-refractivity contribution in [1.29, 1.82) is 0 Å². The van der Waals surface area contributed by atoms with Gasteiger partial charge in [0.25, 0.3) is 0 Å². The molecule has 0 aromatic carbocycles. The lowest BCUT2D eigenvalue weighted by molar-refractivity contribution is -0.123. The lowest BCUT2D eigenvalue weighted by Gasteiger charge is -1.99. The molecule has 0 heterocycles. The van der Waals surface area contributed by atoms with Crippen LogP contribution in [0.15, 0.2) is 0 Å². The number of carbonyl (C=O) groups excluding carboxylic acids is 1. The third-order valence-electron chi connectivity index (χ3n) is 0.994. The van der Waals surface area contributed by atoms with Crippen LogP contribution in [0.2, 0.25) is 0 Å². The monoisotopic (exact) mass is 156 g/mol. The molecule has 0 saturated carbocycles. The second kappa shape index (κ2) is 7.26. The van der Waals surface area contributed by atoms with Crippen LogP contribution in [-0.4, -0.2) is 32.7 Å². The van der Waals surface area contributed by atoms with E-state index in [4.69, 9.17) is 15.9 Å². The predicted molar refractivity (Wildman–Crippen MR) is 41.2 cm³/mol. The van der Waals surface area contributed by atoms with Crippen molar-refractivity contribution in [3.63, 3.8) is 0 Å². The molecule has 0 unspecified atom stereocenters. The Labute approximate surface area is 66.7 Å². The van der Waals surface area contributed by atoms with Gasteiger partial charge in [-0.25, -0.2) is 0 Å². The van der Waals surface area contributed by atoms with E-state index >= 15 is 0 Å². The maximum Gasteiger partial charge on any atom is 0.170 e. The number of rotatable bonds is 6.